The number of carbonyl (C=O) groups excluding carboxylic acids is 1. The Kier molecular flexibility index (Phi) is 10.8. The van der Waals surface area contributed by atoms with Crippen molar-refractivity contribution in [2.45, 2.75) is 50.3 Å². The highest BCUT2D eigenvalue weighted by Crippen LogP contribution is 2.51. The molecule has 1 aliphatic rings. The van der Waals surface area contributed by atoms with Gasteiger partial charge in [-0.1, -0.05) is 97.1 Å². The van der Waals surface area contributed by atoms with Crippen molar-refractivity contribution in [1.29, 1.82) is 0 Å². The second-order valence-corrected chi connectivity index (χ2v) is 14.2. The number of esters is 1. The molecule has 0 aliphatic carbocycles. The number of anilines is 1. The first kappa shape index (κ1) is 35.5. The van der Waals surface area contributed by atoms with Gasteiger partial charge in [0.15, 0.2) is 11.5 Å². The van der Waals surface area contributed by atoms with Gasteiger partial charge in [-0.05, 0) is 47.0 Å². The van der Waals surface area contributed by atoms with Crippen LogP contribution in [-0.4, -0.2) is 55.5 Å². The lowest BCUT2D eigenvalue weighted by atomic mass is 10.1. The van der Waals surface area contributed by atoms with Gasteiger partial charge >= 0.3 is 13.7 Å². The number of rotatable bonds is 14. The molecule has 268 valence electrons. The minimum Gasteiger partial charge on any atom is -0.460 e. The largest absolute Gasteiger partial charge is 0.460 e. The van der Waals surface area contributed by atoms with Crippen molar-refractivity contribution in [3.8, 4) is 5.75 Å². The molecule has 13 nitrogen and oxygen atoms in total. The molecule has 0 radical (unpaired) electrons. The van der Waals surface area contributed by atoms with Crippen LogP contribution in [0.25, 0.3) is 21.9 Å². The van der Waals surface area contributed by atoms with Crippen molar-refractivity contribution in [2.24, 2.45) is 0 Å². The minimum atomic E-state index is -4.47. The first-order chi connectivity index (χ1) is 25.3. The third-order valence-corrected chi connectivity index (χ3v) is 10.5. The van der Waals surface area contributed by atoms with Crippen LogP contribution in [0.5, 0.6) is 5.75 Å². The summed E-state index contributed by atoms with van der Waals surface area (Å²) < 4.78 is 41.3. The van der Waals surface area contributed by atoms with Crippen molar-refractivity contribution in [1.82, 2.24) is 24.6 Å². The molecule has 6 aromatic rings. The van der Waals surface area contributed by atoms with Crippen LogP contribution in [0.4, 0.5) is 5.82 Å². The van der Waals surface area contributed by atoms with Crippen molar-refractivity contribution < 1.29 is 33.0 Å². The molecule has 5 atom stereocenters. The molecule has 2 unspecified atom stereocenters. The average Bonchev–Trinajstić information content (AvgIpc) is 3.77. The lowest BCUT2D eigenvalue weighted by Gasteiger charge is -2.28. The Morgan fingerprint density at radius 2 is 1.71 bits per heavy atom. The lowest BCUT2D eigenvalue weighted by Crippen LogP contribution is -2.40. The van der Waals surface area contributed by atoms with Gasteiger partial charge in [0.05, 0.1) is 12.9 Å². The van der Waals surface area contributed by atoms with Crippen LogP contribution >= 0.6 is 19.3 Å². The molecule has 0 bridgehead atoms. The van der Waals surface area contributed by atoms with Crippen molar-refractivity contribution >= 4 is 53.1 Å². The Morgan fingerprint density at radius 3 is 2.48 bits per heavy atom. The summed E-state index contributed by atoms with van der Waals surface area (Å²) in [6, 6.07) is 30.6. The molecular formula is C37H36ClN6O7P. The highest BCUT2D eigenvalue weighted by Gasteiger charge is 2.45. The second kappa shape index (κ2) is 15.8. The molecule has 4 N–H and O–H groups in total. The van der Waals surface area contributed by atoms with Gasteiger partial charge in [0.2, 0.25) is 5.28 Å². The first-order valence-corrected chi connectivity index (χ1v) is 18.6. The topological polar surface area (TPSA) is 173 Å². The Morgan fingerprint density at radius 1 is 1.00 bits per heavy atom. The van der Waals surface area contributed by atoms with E-state index < -0.39 is 44.8 Å². The monoisotopic (exact) mass is 742 g/mol. The van der Waals surface area contributed by atoms with E-state index in [0.717, 1.165) is 16.5 Å². The van der Waals surface area contributed by atoms with Crippen LogP contribution in [0.3, 0.4) is 0 Å². The van der Waals surface area contributed by atoms with E-state index in [1.165, 1.54) is 6.33 Å². The molecular weight excluding hydrogens is 707 g/mol. The highest BCUT2D eigenvalue weighted by molar-refractivity contribution is 7.52. The van der Waals surface area contributed by atoms with Gasteiger partial charge < -0.3 is 24.8 Å². The number of aliphatic hydroxyl groups is 1. The van der Waals surface area contributed by atoms with Crippen molar-refractivity contribution in [2.75, 3.05) is 12.3 Å². The number of fused-ring (bicyclic) bond motifs is 2. The van der Waals surface area contributed by atoms with E-state index in [9.17, 15) is 9.90 Å². The maximum absolute atomic E-state index is 15.2. The molecule has 0 saturated carbocycles. The zero-order valence-corrected chi connectivity index (χ0v) is 29.5. The van der Waals surface area contributed by atoms with E-state index in [4.69, 9.17) is 35.9 Å². The number of imidazole rings is 1. The number of hydrogen-bond donors (Lipinski definition) is 3. The molecule has 7 rings (SSSR count). The second-order valence-electron chi connectivity index (χ2n) is 12.3. The summed E-state index contributed by atoms with van der Waals surface area (Å²) in [5.74, 6) is -0.272. The van der Waals surface area contributed by atoms with Gasteiger partial charge in [0, 0.05) is 11.8 Å². The van der Waals surface area contributed by atoms with E-state index in [2.05, 4.69) is 20.0 Å². The van der Waals surface area contributed by atoms with Gasteiger partial charge in [-0.3, -0.25) is 13.9 Å². The number of hydrogen-bond acceptors (Lipinski definition) is 11. The van der Waals surface area contributed by atoms with E-state index >= 15 is 4.57 Å². The van der Waals surface area contributed by atoms with E-state index in [1.807, 2.05) is 91.0 Å². The number of aliphatic hydroxyl groups excluding tert-OH is 1. The van der Waals surface area contributed by atoms with E-state index in [1.54, 1.807) is 16.7 Å². The van der Waals surface area contributed by atoms with Crippen LogP contribution in [0.15, 0.2) is 109 Å². The van der Waals surface area contributed by atoms with E-state index in [0.29, 0.717) is 23.0 Å². The molecule has 0 spiro atoms. The van der Waals surface area contributed by atoms with Crippen LogP contribution in [0.1, 0.15) is 30.2 Å². The minimum absolute atomic E-state index is 0.0141. The number of nitrogens with zero attached hydrogens (tertiary/aromatic N) is 4. The number of halogens is 1. The molecule has 3 heterocycles. The highest BCUT2D eigenvalue weighted by atomic mass is 35.5. The number of ether oxygens (including phenoxy) is 2. The molecule has 1 aliphatic heterocycles. The van der Waals surface area contributed by atoms with Gasteiger partial charge in [0.1, 0.15) is 42.4 Å². The molecule has 1 saturated heterocycles. The molecule has 52 heavy (non-hydrogen) atoms. The predicted octanol–water partition coefficient (Wildman–Crippen LogP) is 6.40. The molecule has 2 aromatic heterocycles. The third-order valence-electron chi connectivity index (χ3n) is 8.72. The summed E-state index contributed by atoms with van der Waals surface area (Å²) in [6.07, 6.45) is -0.464. The number of nitrogen functional groups attached to an aromatic ring is 1. The quantitative estimate of drug-likeness (QED) is 0.0638. The summed E-state index contributed by atoms with van der Waals surface area (Å²) in [5.41, 5.74) is 8.42. The van der Waals surface area contributed by atoms with Gasteiger partial charge in [-0.2, -0.15) is 15.1 Å². The molecule has 1 fully saturated rings. The number of aryl methyl sites for hydroxylation is 1. The van der Waals surface area contributed by atoms with Crippen molar-refractivity contribution in [3.05, 3.63) is 126 Å². The van der Waals surface area contributed by atoms with Crippen LogP contribution < -0.4 is 15.3 Å². The zero-order chi connectivity index (χ0) is 36.1. The summed E-state index contributed by atoms with van der Waals surface area (Å²) in [4.78, 5) is 26.3. The molecule has 4 aromatic carbocycles. The number of nitrogens with two attached hydrogens (primary N) is 1. The lowest BCUT2D eigenvalue weighted by molar-refractivity contribution is -0.147. The Balaban J connectivity index is 1.20. The summed E-state index contributed by atoms with van der Waals surface area (Å²) in [7, 11) is -4.47. The average molecular weight is 743 g/mol. The van der Waals surface area contributed by atoms with Crippen LogP contribution in [0, 0.1) is 0 Å². The number of carbonyl (C=O) groups is 1. The number of aromatic nitrogens is 4. The molecule has 0 amide bonds. The standard InChI is InChI=1S/C37H36ClN6O7P/c38-37-41-34(39)33-35(42-37)44(23-40-33)32-20-30(31(21-45)49-32)51-52(47,50-29-17-9-15-26-14-7-8-16-27(26)29)43-28(19-18-24-10-3-1-4-11-24)36(46)48-22-25-12-5-2-6-13-25/h1-17,23,28,30-32,45H,18-22H2,(H,43,47)(H2,39,41,42)/t28-,30?,31+,32+,52?/m0/s1. The van der Waals surface area contributed by atoms with Crippen LogP contribution in [-0.2, 0) is 36.4 Å². The normalized spacial score (nSPS) is 19.0. The Hall–Kier alpha value is -4.88. The first-order valence-electron chi connectivity index (χ1n) is 16.7. The predicted molar refractivity (Wildman–Crippen MR) is 195 cm³/mol. The fraction of sp³-hybridized carbons (Fsp3) is 0.243. The Bertz CT molecular complexity index is 2200. The Labute approximate surface area is 304 Å². The smallest absolute Gasteiger partial charge is 0.459 e. The summed E-state index contributed by atoms with van der Waals surface area (Å²) in [5, 5.41) is 14.8. The SMILES string of the molecule is Nc1nc(Cl)nc2c1ncn2[C@H]1CC(OP(=O)(N[C@@H](CCc2ccccc2)C(=O)OCc2ccccc2)Oc2cccc3ccccc23)[C@@H](CO)O1. The third kappa shape index (κ3) is 8.10. The van der Waals surface area contributed by atoms with Gasteiger partial charge in [0.25, 0.3) is 0 Å². The van der Waals surface area contributed by atoms with Crippen LogP contribution in [0.2, 0.25) is 5.28 Å². The fourth-order valence-electron chi connectivity index (χ4n) is 6.14. The zero-order valence-electron chi connectivity index (χ0n) is 27.8. The number of nitrogens with one attached hydrogen (secondary N) is 1. The van der Waals surface area contributed by atoms with Gasteiger partial charge in [-0.15, -0.1) is 0 Å². The summed E-state index contributed by atoms with van der Waals surface area (Å²) in [6.45, 7) is -0.462. The maximum atomic E-state index is 15.2. The summed E-state index contributed by atoms with van der Waals surface area (Å²) >= 11 is 6.10. The molecule has 15 heteroatoms. The van der Waals surface area contributed by atoms with Crippen molar-refractivity contribution in [3.63, 3.8) is 0 Å². The van der Waals surface area contributed by atoms with Gasteiger partial charge in [-0.25, -0.2) is 9.55 Å². The maximum Gasteiger partial charge on any atom is 0.459 e. The van der Waals surface area contributed by atoms with E-state index in [-0.39, 0.29) is 36.3 Å². The number of benzene rings is 4. The fourth-order valence-corrected chi connectivity index (χ4v) is 8.08.